The average molecular weight is 225 g/mol. The number of aliphatic carboxylic acids is 1. The van der Waals surface area contributed by atoms with Crippen LogP contribution in [0.15, 0.2) is 0 Å². The first-order valence-electron chi connectivity index (χ1n) is 5.99. The Morgan fingerprint density at radius 3 is 2.12 bits per heavy atom. The highest BCUT2D eigenvalue weighted by Crippen LogP contribution is 2.55. The third-order valence-corrected chi connectivity index (χ3v) is 3.93. The van der Waals surface area contributed by atoms with Crippen LogP contribution in [-0.4, -0.2) is 22.5 Å². The first kappa shape index (κ1) is 11.4. The predicted molar refractivity (Wildman–Crippen MR) is 58.8 cm³/mol. The van der Waals surface area contributed by atoms with Crippen LogP contribution >= 0.6 is 0 Å². The van der Waals surface area contributed by atoms with E-state index in [4.69, 9.17) is 5.11 Å². The number of amides is 1. The fraction of sp³-hybridized carbons (Fsp3) is 0.833. The molecule has 4 nitrogen and oxygen atoms in total. The summed E-state index contributed by atoms with van der Waals surface area (Å²) in [5.74, 6) is 0.0894. The van der Waals surface area contributed by atoms with Gasteiger partial charge in [-0.15, -0.1) is 0 Å². The van der Waals surface area contributed by atoms with Gasteiger partial charge in [-0.05, 0) is 38.5 Å². The van der Waals surface area contributed by atoms with Gasteiger partial charge >= 0.3 is 5.97 Å². The SMILES string of the molecule is CC(C)(NC(=O)C1C2CCCCC21)C(=O)O. The van der Waals surface area contributed by atoms with Gasteiger partial charge in [-0.3, -0.25) is 4.79 Å². The van der Waals surface area contributed by atoms with Crippen LogP contribution in [-0.2, 0) is 9.59 Å². The van der Waals surface area contributed by atoms with E-state index < -0.39 is 11.5 Å². The molecule has 0 spiro atoms. The Labute approximate surface area is 95.4 Å². The maximum Gasteiger partial charge on any atom is 0.328 e. The second-order valence-corrected chi connectivity index (χ2v) is 5.56. The molecule has 0 aromatic carbocycles. The van der Waals surface area contributed by atoms with Crippen molar-refractivity contribution in [1.82, 2.24) is 5.32 Å². The molecule has 0 saturated heterocycles. The van der Waals surface area contributed by atoms with Crippen molar-refractivity contribution in [2.24, 2.45) is 17.8 Å². The molecule has 0 radical (unpaired) electrons. The van der Waals surface area contributed by atoms with Crippen LogP contribution in [0.25, 0.3) is 0 Å². The van der Waals surface area contributed by atoms with E-state index in [0.29, 0.717) is 11.8 Å². The molecule has 16 heavy (non-hydrogen) atoms. The van der Waals surface area contributed by atoms with Gasteiger partial charge in [0.15, 0.2) is 0 Å². The van der Waals surface area contributed by atoms with Crippen LogP contribution in [0.1, 0.15) is 39.5 Å². The number of carbonyl (C=O) groups excluding carboxylic acids is 1. The van der Waals surface area contributed by atoms with E-state index >= 15 is 0 Å². The Kier molecular flexibility index (Phi) is 2.68. The summed E-state index contributed by atoms with van der Waals surface area (Å²) in [6, 6.07) is 0. The molecule has 0 aliphatic heterocycles. The number of carboxylic acid groups (broad SMARTS) is 1. The normalized spacial score (nSPS) is 32.8. The highest BCUT2D eigenvalue weighted by Gasteiger charge is 2.55. The highest BCUT2D eigenvalue weighted by molar-refractivity contribution is 5.89. The predicted octanol–water partition coefficient (Wildman–Crippen LogP) is 1.40. The molecule has 0 bridgehead atoms. The van der Waals surface area contributed by atoms with Crippen LogP contribution in [0, 0.1) is 17.8 Å². The van der Waals surface area contributed by atoms with Crippen molar-refractivity contribution in [2.45, 2.75) is 45.1 Å². The van der Waals surface area contributed by atoms with E-state index in [1.165, 1.54) is 26.7 Å². The van der Waals surface area contributed by atoms with E-state index in [1.54, 1.807) is 0 Å². The number of rotatable bonds is 3. The molecular weight excluding hydrogens is 206 g/mol. The minimum absolute atomic E-state index is 0.0655. The molecule has 90 valence electrons. The molecule has 2 fully saturated rings. The zero-order chi connectivity index (χ0) is 11.9. The minimum Gasteiger partial charge on any atom is -0.480 e. The standard InChI is InChI=1S/C12H19NO3/c1-12(2,11(15)16)13-10(14)9-7-5-3-4-6-8(7)9/h7-9H,3-6H2,1-2H3,(H,13,14)(H,15,16). The molecule has 2 N–H and O–H groups in total. The van der Waals surface area contributed by atoms with E-state index in [-0.39, 0.29) is 11.8 Å². The summed E-state index contributed by atoms with van der Waals surface area (Å²) >= 11 is 0. The molecular formula is C12H19NO3. The summed E-state index contributed by atoms with van der Waals surface area (Å²) < 4.78 is 0. The van der Waals surface area contributed by atoms with E-state index in [1.807, 2.05) is 0 Å². The summed E-state index contributed by atoms with van der Waals surface area (Å²) in [7, 11) is 0. The lowest BCUT2D eigenvalue weighted by Gasteiger charge is -2.21. The second-order valence-electron chi connectivity index (χ2n) is 5.56. The first-order chi connectivity index (χ1) is 7.43. The number of hydrogen-bond acceptors (Lipinski definition) is 2. The topological polar surface area (TPSA) is 66.4 Å². The van der Waals surface area contributed by atoms with Crippen LogP contribution in [0.4, 0.5) is 0 Å². The maximum absolute atomic E-state index is 11.9. The number of carboxylic acids is 1. The molecule has 2 unspecified atom stereocenters. The third kappa shape index (κ3) is 1.93. The number of fused-ring (bicyclic) bond motifs is 1. The quantitative estimate of drug-likeness (QED) is 0.763. The molecule has 1 amide bonds. The summed E-state index contributed by atoms with van der Waals surface area (Å²) in [6.45, 7) is 3.05. The van der Waals surface area contributed by atoms with Crippen molar-refractivity contribution < 1.29 is 14.7 Å². The summed E-state index contributed by atoms with van der Waals surface area (Å²) in [5, 5.41) is 11.6. The van der Waals surface area contributed by atoms with Gasteiger partial charge < -0.3 is 10.4 Å². The van der Waals surface area contributed by atoms with Crippen molar-refractivity contribution in [3.8, 4) is 0 Å². The zero-order valence-electron chi connectivity index (χ0n) is 9.82. The van der Waals surface area contributed by atoms with Crippen molar-refractivity contribution in [1.29, 1.82) is 0 Å². The fourth-order valence-electron chi connectivity index (χ4n) is 2.83. The lowest BCUT2D eigenvalue weighted by Crippen LogP contribution is -2.50. The number of nitrogens with one attached hydrogen (secondary N) is 1. The molecule has 2 aliphatic carbocycles. The van der Waals surface area contributed by atoms with E-state index in [2.05, 4.69) is 5.32 Å². The lowest BCUT2D eigenvalue weighted by molar-refractivity contribution is -0.146. The first-order valence-corrected chi connectivity index (χ1v) is 5.99. The van der Waals surface area contributed by atoms with Crippen LogP contribution in [0.5, 0.6) is 0 Å². The third-order valence-electron chi connectivity index (χ3n) is 3.93. The number of carbonyl (C=O) groups is 2. The molecule has 2 rings (SSSR count). The van der Waals surface area contributed by atoms with Gasteiger partial charge in [0, 0.05) is 5.92 Å². The summed E-state index contributed by atoms with van der Waals surface area (Å²) in [6.07, 6.45) is 4.70. The monoisotopic (exact) mass is 225 g/mol. The largest absolute Gasteiger partial charge is 0.480 e. The molecule has 4 heteroatoms. The van der Waals surface area contributed by atoms with Crippen molar-refractivity contribution in [3.63, 3.8) is 0 Å². The van der Waals surface area contributed by atoms with Gasteiger partial charge in [0.05, 0.1) is 0 Å². The Bertz CT molecular complexity index is 312. The van der Waals surface area contributed by atoms with Gasteiger partial charge in [0.25, 0.3) is 0 Å². The molecule has 0 aromatic rings. The highest BCUT2D eigenvalue weighted by atomic mass is 16.4. The molecule has 2 aliphatic rings. The van der Waals surface area contributed by atoms with Gasteiger partial charge in [0.2, 0.25) is 5.91 Å². The Morgan fingerprint density at radius 1 is 1.19 bits per heavy atom. The maximum atomic E-state index is 11.9. The summed E-state index contributed by atoms with van der Waals surface area (Å²) in [5.41, 5.74) is -1.15. The Morgan fingerprint density at radius 2 is 1.69 bits per heavy atom. The van der Waals surface area contributed by atoms with Crippen LogP contribution in [0.3, 0.4) is 0 Å². The van der Waals surface area contributed by atoms with Gasteiger partial charge in [0.1, 0.15) is 5.54 Å². The van der Waals surface area contributed by atoms with Crippen molar-refractivity contribution >= 4 is 11.9 Å². The van der Waals surface area contributed by atoms with E-state index in [9.17, 15) is 9.59 Å². The summed E-state index contributed by atoms with van der Waals surface area (Å²) in [4.78, 5) is 22.8. The smallest absolute Gasteiger partial charge is 0.328 e. The van der Waals surface area contributed by atoms with Crippen molar-refractivity contribution in [3.05, 3.63) is 0 Å². The molecule has 2 atom stereocenters. The lowest BCUT2D eigenvalue weighted by atomic mass is 10.0. The minimum atomic E-state index is -1.15. The molecule has 0 heterocycles. The molecule has 2 saturated carbocycles. The van der Waals surface area contributed by atoms with Gasteiger partial charge in [-0.1, -0.05) is 12.8 Å². The number of hydrogen-bond donors (Lipinski definition) is 2. The average Bonchev–Trinajstić information content (AvgIpc) is 2.90. The zero-order valence-corrected chi connectivity index (χ0v) is 9.82. The van der Waals surface area contributed by atoms with Gasteiger partial charge in [-0.25, -0.2) is 4.79 Å². The van der Waals surface area contributed by atoms with Crippen LogP contribution in [0.2, 0.25) is 0 Å². The second kappa shape index (κ2) is 3.75. The Balaban J connectivity index is 1.92. The molecule has 0 aromatic heterocycles. The van der Waals surface area contributed by atoms with Crippen molar-refractivity contribution in [2.75, 3.05) is 0 Å². The fourth-order valence-corrected chi connectivity index (χ4v) is 2.83. The van der Waals surface area contributed by atoms with Gasteiger partial charge in [-0.2, -0.15) is 0 Å². The Hall–Kier alpha value is -1.06. The van der Waals surface area contributed by atoms with E-state index in [0.717, 1.165) is 12.8 Å². The van der Waals surface area contributed by atoms with Crippen LogP contribution < -0.4 is 5.32 Å².